The lowest BCUT2D eigenvalue weighted by molar-refractivity contribution is 0.146. The van der Waals surface area contributed by atoms with Gasteiger partial charge in [-0.25, -0.2) is 15.0 Å². The zero-order chi connectivity index (χ0) is 11.3. The fraction of sp³-hybridized carbons (Fsp3) is 0.545. The van der Waals surface area contributed by atoms with Gasteiger partial charge < -0.3 is 4.98 Å². The number of hydrogen-bond acceptors (Lipinski definition) is 3. The lowest BCUT2D eigenvalue weighted by Crippen LogP contribution is -2.30. The Hall–Kier alpha value is -1.16. The van der Waals surface area contributed by atoms with Crippen molar-refractivity contribution in [3.05, 3.63) is 17.3 Å². The molecule has 0 saturated heterocycles. The monoisotopic (exact) mass is 236 g/mol. The standard InChI is InChI=1S/C11H13ClN4/c1-11(2)3-6(4-11)9-15-7-8(12)13-5-14-10(7)16-9/h5-6H,3-4H2,1-2H3,(H,13,14,15,16). The lowest BCUT2D eigenvalue weighted by atomic mass is 9.64. The summed E-state index contributed by atoms with van der Waals surface area (Å²) in [5.41, 5.74) is 1.86. The zero-order valence-electron chi connectivity index (χ0n) is 9.29. The third kappa shape index (κ3) is 1.48. The maximum absolute atomic E-state index is 5.97. The molecule has 0 aliphatic heterocycles. The van der Waals surface area contributed by atoms with E-state index >= 15 is 0 Å². The van der Waals surface area contributed by atoms with Gasteiger partial charge in [-0.15, -0.1) is 0 Å². The van der Waals surface area contributed by atoms with Gasteiger partial charge in [-0.1, -0.05) is 25.4 Å². The number of aromatic nitrogens is 4. The fourth-order valence-electron chi connectivity index (χ4n) is 2.48. The lowest BCUT2D eigenvalue weighted by Gasteiger charge is -2.41. The van der Waals surface area contributed by atoms with Gasteiger partial charge in [0.1, 0.15) is 17.7 Å². The fourth-order valence-corrected chi connectivity index (χ4v) is 2.65. The van der Waals surface area contributed by atoms with Crippen molar-refractivity contribution in [2.75, 3.05) is 0 Å². The molecular formula is C11H13ClN4. The van der Waals surface area contributed by atoms with Crippen LogP contribution in [-0.2, 0) is 0 Å². The molecule has 0 atom stereocenters. The molecule has 1 N–H and O–H groups in total. The van der Waals surface area contributed by atoms with Crippen molar-refractivity contribution in [2.45, 2.75) is 32.6 Å². The van der Waals surface area contributed by atoms with E-state index in [1.807, 2.05) is 0 Å². The van der Waals surface area contributed by atoms with Gasteiger partial charge in [-0.3, -0.25) is 0 Å². The molecule has 4 nitrogen and oxygen atoms in total. The third-order valence-corrected chi connectivity index (χ3v) is 3.53. The SMILES string of the molecule is CC1(C)CC(c2nc3ncnc(Cl)c3[nH]2)C1. The molecule has 1 fully saturated rings. The highest BCUT2D eigenvalue weighted by Crippen LogP contribution is 2.49. The van der Waals surface area contributed by atoms with E-state index in [2.05, 4.69) is 33.8 Å². The van der Waals surface area contributed by atoms with Crippen molar-refractivity contribution in [3.63, 3.8) is 0 Å². The molecule has 1 aliphatic carbocycles. The third-order valence-electron chi connectivity index (χ3n) is 3.25. The Balaban J connectivity index is 1.98. The smallest absolute Gasteiger partial charge is 0.182 e. The van der Waals surface area contributed by atoms with Gasteiger partial charge in [-0.05, 0) is 18.3 Å². The summed E-state index contributed by atoms with van der Waals surface area (Å²) in [4.78, 5) is 15.7. The van der Waals surface area contributed by atoms with Gasteiger partial charge in [0.15, 0.2) is 10.8 Å². The highest BCUT2D eigenvalue weighted by atomic mass is 35.5. The van der Waals surface area contributed by atoms with E-state index in [0.717, 1.165) is 24.2 Å². The number of imidazole rings is 1. The highest BCUT2D eigenvalue weighted by molar-refractivity contribution is 6.33. The number of rotatable bonds is 1. The second-order valence-electron chi connectivity index (χ2n) is 5.25. The molecule has 1 saturated carbocycles. The van der Waals surface area contributed by atoms with E-state index in [-0.39, 0.29) is 0 Å². The Bertz CT molecular complexity index is 538. The molecule has 0 radical (unpaired) electrons. The molecule has 2 aromatic heterocycles. The molecule has 2 heterocycles. The summed E-state index contributed by atoms with van der Waals surface area (Å²) < 4.78 is 0. The minimum atomic E-state index is 0.444. The van der Waals surface area contributed by atoms with Crippen molar-refractivity contribution in [1.29, 1.82) is 0 Å². The molecule has 16 heavy (non-hydrogen) atoms. The quantitative estimate of drug-likeness (QED) is 0.775. The van der Waals surface area contributed by atoms with Crippen LogP contribution in [0.15, 0.2) is 6.33 Å². The molecule has 0 amide bonds. The first-order valence-electron chi connectivity index (χ1n) is 5.41. The first-order valence-corrected chi connectivity index (χ1v) is 5.79. The average Bonchev–Trinajstić information content (AvgIpc) is 2.59. The molecule has 3 rings (SSSR count). The van der Waals surface area contributed by atoms with Gasteiger partial charge in [0.05, 0.1) is 0 Å². The van der Waals surface area contributed by atoms with Crippen molar-refractivity contribution in [3.8, 4) is 0 Å². The largest absolute Gasteiger partial charge is 0.338 e. The Labute approximate surface area is 98.5 Å². The van der Waals surface area contributed by atoms with Crippen LogP contribution in [-0.4, -0.2) is 19.9 Å². The predicted molar refractivity (Wildman–Crippen MR) is 62.4 cm³/mol. The van der Waals surface area contributed by atoms with Gasteiger partial charge >= 0.3 is 0 Å². The molecule has 0 aromatic carbocycles. The van der Waals surface area contributed by atoms with Gasteiger partial charge in [0, 0.05) is 5.92 Å². The number of fused-ring (bicyclic) bond motifs is 1. The van der Waals surface area contributed by atoms with E-state index in [4.69, 9.17) is 11.6 Å². The Morgan fingerprint density at radius 2 is 2.12 bits per heavy atom. The first kappa shape index (κ1) is 10.0. The van der Waals surface area contributed by atoms with Crippen molar-refractivity contribution in [1.82, 2.24) is 19.9 Å². The van der Waals surface area contributed by atoms with Crippen LogP contribution >= 0.6 is 11.6 Å². The van der Waals surface area contributed by atoms with Gasteiger partial charge in [-0.2, -0.15) is 0 Å². The van der Waals surface area contributed by atoms with Crippen LogP contribution in [0.2, 0.25) is 5.15 Å². The summed E-state index contributed by atoms with van der Waals surface area (Å²) in [5, 5.41) is 0.447. The summed E-state index contributed by atoms with van der Waals surface area (Å²) in [6.45, 7) is 4.55. The van der Waals surface area contributed by atoms with Crippen LogP contribution in [0.4, 0.5) is 0 Å². The van der Waals surface area contributed by atoms with Crippen LogP contribution in [0.5, 0.6) is 0 Å². The molecule has 5 heteroatoms. The number of hydrogen-bond donors (Lipinski definition) is 1. The first-order chi connectivity index (χ1) is 7.55. The van der Waals surface area contributed by atoms with Crippen molar-refractivity contribution >= 4 is 22.8 Å². The van der Waals surface area contributed by atoms with E-state index in [9.17, 15) is 0 Å². The van der Waals surface area contributed by atoms with Crippen molar-refractivity contribution < 1.29 is 0 Å². The van der Waals surface area contributed by atoms with E-state index in [0.29, 0.717) is 22.1 Å². The number of aromatic amines is 1. The molecule has 0 bridgehead atoms. The van der Waals surface area contributed by atoms with Crippen LogP contribution in [0.25, 0.3) is 11.2 Å². The van der Waals surface area contributed by atoms with Gasteiger partial charge in [0.25, 0.3) is 0 Å². The second-order valence-corrected chi connectivity index (χ2v) is 5.61. The van der Waals surface area contributed by atoms with E-state index < -0.39 is 0 Å². The Morgan fingerprint density at radius 3 is 2.75 bits per heavy atom. The van der Waals surface area contributed by atoms with Crippen molar-refractivity contribution in [2.24, 2.45) is 5.41 Å². The Morgan fingerprint density at radius 1 is 1.38 bits per heavy atom. The minimum Gasteiger partial charge on any atom is -0.338 e. The topological polar surface area (TPSA) is 54.5 Å². The minimum absolute atomic E-state index is 0.444. The number of nitrogens with one attached hydrogen (secondary N) is 1. The molecule has 2 aromatic rings. The number of halogens is 1. The molecule has 0 unspecified atom stereocenters. The summed E-state index contributed by atoms with van der Waals surface area (Å²) in [6.07, 6.45) is 3.77. The zero-order valence-corrected chi connectivity index (χ0v) is 10.0. The van der Waals surface area contributed by atoms with Crippen LogP contribution < -0.4 is 0 Å². The molecule has 0 spiro atoms. The number of nitrogens with zero attached hydrogens (tertiary/aromatic N) is 3. The molecule has 84 valence electrons. The van der Waals surface area contributed by atoms with Gasteiger partial charge in [0.2, 0.25) is 0 Å². The second kappa shape index (κ2) is 3.17. The van der Waals surface area contributed by atoms with Crippen LogP contribution in [0.1, 0.15) is 38.4 Å². The van der Waals surface area contributed by atoms with Crippen LogP contribution in [0.3, 0.4) is 0 Å². The normalized spacial score (nSPS) is 19.9. The maximum atomic E-state index is 5.97. The average molecular weight is 237 g/mol. The Kier molecular flexibility index (Phi) is 1.98. The highest BCUT2D eigenvalue weighted by Gasteiger charge is 2.38. The predicted octanol–water partition coefficient (Wildman–Crippen LogP) is 2.91. The van der Waals surface area contributed by atoms with E-state index in [1.165, 1.54) is 6.33 Å². The molecule has 1 aliphatic rings. The van der Waals surface area contributed by atoms with E-state index in [1.54, 1.807) is 0 Å². The summed E-state index contributed by atoms with van der Waals surface area (Å²) in [5.74, 6) is 1.51. The molecular weight excluding hydrogens is 224 g/mol. The summed E-state index contributed by atoms with van der Waals surface area (Å²) in [7, 11) is 0. The number of H-pyrrole nitrogens is 1. The summed E-state index contributed by atoms with van der Waals surface area (Å²) in [6, 6.07) is 0. The summed E-state index contributed by atoms with van der Waals surface area (Å²) >= 11 is 5.97. The maximum Gasteiger partial charge on any atom is 0.182 e. The van der Waals surface area contributed by atoms with Crippen LogP contribution in [0, 0.1) is 5.41 Å².